The monoisotopic (exact) mass is 390 g/mol. The van der Waals surface area contributed by atoms with Crippen LogP contribution in [0, 0.1) is 0 Å². The minimum atomic E-state index is -0.355. The van der Waals surface area contributed by atoms with Gasteiger partial charge in [-0.2, -0.15) is 0 Å². The topological polar surface area (TPSA) is 35.5 Å². The van der Waals surface area contributed by atoms with E-state index in [2.05, 4.69) is 44.4 Å². The van der Waals surface area contributed by atoms with Crippen LogP contribution in [0.1, 0.15) is 84.0 Å². The Morgan fingerprint density at radius 3 is 2.11 bits per heavy atom. The van der Waals surface area contributed by atoms with Gasteiger partial charge in [0.05, 0.1) is 25.4 Å². The molecule has 0 rings (SSSR count). The third-order valence-electron chi connectivity index (χ3n) is 4.38. The number of hydrogen-bond donors (Lipinski definition) is 0. The van der Waals surface area contributed by atoms with E-state index in [9.17, 15) is 4.79 Å². The molecule has 0 aliphatic heterocycles. The van der Waals surface area contributed by atoms with Crippen molar-refractivity contribution >= 4 is 5.97 Å². The van der Waals surface area contributed by atoms with Crippen LogP contribution in [0.2, 0.25) is 0 Å². The SMILES string of the molecule is C=CCOCC(=C)C(=O)OCCCCCCCC/C=C\C/C=C\CCCCC. The van der Waals surface area contributed by atoms with Crippen molar-refractivity contribution in [2.75, 3.05) is 19.8 Å². The molecule has 0 radical (unpaired) electrons. The van der Waals surface area contributed by atoms with Gasteiger partial charge in [-0.15, -0.1) is 6.58 Å². The van der Waals surface area contributed by atoms with Gasteiger partial charge in [-0.1, -0.05) is 82.4 Å². The van der Waals surface area contributed by atoms with Gasteiger partial charge in [0, 0.05) is 0 Å². The van der Waals surface area contributed by atoms with Crippen molar-refractivity contribution in [3.63, 3.8) is 0 Å². The van der Waals surface area contributed by atoms with E-state index < -0.39 is 0 Å². The number of unbranched alkanes of at least 4 members (excludes halogenated alkanes) is 9. The summed E-state index contributed by atoms with van der Waals surface area (Å²) in [6.07, 6.45) is 25.2. The summed E-state index contributed by atoms with van der Waals surface area (Å²) in [6.45, 7) is 10.6. The van der Waals surface area contributed by atoms with E-state index in [-0.39, 0.29) is 12.6 Å². The standard InChI is InChI=1S/C25H42O3/c1-4-6-7-8-9-10-11-12-13-14-15-16-17-18-19-20-22-28-25(26)24(3)23-27-21-5-2/h5,9-10,12-13H,2-4,6-8,11,14-23H2,1H3/b10-9-,13-12-. The number of hydrogen-bond acceptors (Lipinski definition) is 3. The Kier molecular flexibility index (Phi) is 20.4. The molecule has 0 aliphatic carbocycles. The summed E-state index contributed by atoms with van der Waals surface area (Å²) in [5, 5.41) is 0. The molecule has 0 unspecified atom stereocenters. The van der Waals surface area contributed by atoms with Crippen LogP contribution in [-0.4, -0.2) is 25.8 Å². The van der Waals surface area contributed by atoms with Gasteiger partial charge in [0.1, 0.15) is 0 Å². The molecule has 0 heterocycles. The van der Waals surface area contributed by atoms with Gasteiger partial charge in [-0.25, -0.2) is 4.79 Å². The molecule has 3 nitrogen and oxygen atoms in total. The predicted octanol–water partition coefficient (Wildman–Crippen LogP) is 7.10. The quantitative estimate of drug-likeness (QED) is 0.0962. The molecule has 0 bridgehead atoms. The lowest BCUT2D eigenvalue weighted by atomic mass is 10.1. The van der Waals surface area contributed by atoms with E-state index in [1.54, 1.807) is 6.08 Å². The average Bonchev–Trinajstić information content (AvgIpc) is 2.70. The van der Waals surface area contributed by atoms with Crippen molar-refractivity contribution in [3.05, 3.63) is 49.1 Å². The van der Waals surface area contributed by atoms with Crippen molar-refractivity contribution in [2.24, 2.45) is 0 Å². The van der Waals surface area contributed by atoms with Crippen molar-refractivity contribution in [1.82, 2.24) is 0 Å². The second kappa shape index (κ2) is 21.7. The highest BCUT2D eigenvalue weighted by atomic mass is 16.5. The summed E-state index contributed by atoms with van der Waals surface area (Å²) < 4.78 is 10.4. The molecule has 0 spiro atoms. The molecule has 0 fully saturated rings. The highest BCUT2D eigenvalue weighted by Gasteiger charge is 2.07. The van der Waals surface area contributed by atoms with Gasteiger partial charge in [0.25, 0.3) is 0 Å². The molecule has 0 aromatic rings. The van der Waals surface area contributed by atoms with Crippen LogP contribution >= 0.6 is 0 Å². The second-order valence-corrected chi connectivity index (χ2v) is 7.13. The second-order valence-electron chi connectivity index (χ2n) is 7.13. The van der Waals surface area contributed by atoms with E-state index >= 15 is 0 Å². The summed E-state index contributed by atoms with van der Waals surface area (Å²) in [7, 11) is 0. The summed E-state index contributed by atoms with van der Waals surface area (Å²) in [4.78, 5) is 11.7. The Morgan fingerprint density at radius 1 is 0.857 bits per heavy atom. The first kappa shape index (κ1) is 26.4. The summed E-state index contributed by atoms with van der Waals surface area (Å²) >= 11 is 0. The van der Waals surface area contributed by atoms with Gasteiger partial charge in [-0.05, 0) is 38.5 Å². The Bertz CT molecular complexity index is 449. The van der Waals surface area contributed by atoms with Crippen molar-refractivity contribution in [3.8, 4) is 0 Å². The van der Waals surface area contributed by atoms with Crippen LogP contribution in [0.15, 0.2) is 49.1 Å². The summed E-state index contributed by atoms with van der Waals surface area (Å²) in [6, 6.07) is 0. The Labute approximate surface area is 173 Å². The largest absolute Gasteiger partial charge is 0.462 e. The van der Waals surface area contributed by atoms with Crippen molar-refractivity contribution < 1.29 is 14.3 Å². The molecule has 0 amide bonds. The lowest BCUT2D eigenvalue weighted by Gasteiger charge is -2.07. The highest BCUT2D eigenvalue weighted by Crippen LogP contribution is 2.08. The average molecular weight is 391 g/mol. The van der Waals surface area contributed by atoms with Gasteiger partial charge in [0.15, 0.2) is 0 Å². The number of allylic oxidation sites excluding steroid dienone is 4. The minimum absolute atomic E-state index is 0.203. The van der Waals surface area contributed by atoms with Crippen LogP contribution in [0.5, 0.6) is 0 Å². The van der Waals surface area contributed by atoms with Crippen LogP contribution in [0.25, 0.3) is 0 Å². The summed E-state index contributed by atoms with van der Waals surface area (Å²) in [5.74, 6) is -0.355. The maximum absolute atomic E-state index is 11.7. The lowest BCUT2D eigenvalue weighted by Crippen LogP contribution is -2.12. The van der Waals surface area contributed by atoms with Crippen LogP contribution < -0.4 is 0 Å². The molecule has 0 N–H and O–H groups in total. The fourth-order valence-corrected chi connectivity index (χ4v) is 2.68. The number of carbonyl (C=O) groups excluding carboxylic acids is 1. The Morgan fingerprint density at radius 2 is 1.46 bits per heavy atom. The third kappa shape index (κ3) is 19.2. The summed E-state index contributed by atoms with van der Waals surface area (Å²) in [5.41, 5.74) is 0.363. The van der Waals surface area contributed by atoms with Crippen LogP contribution in [0.4, 0.5) is 0 Å². The first-order chi connectivity index (χ1) is 13.7. The van der Waals surface area contributed by atoms with Crippen LogP contribution in [-0.2, 0) is 14.3 Å². The minimum Gasteiger partial charge on any atom is -0.462 e. The normalized spacial score (nSPS) is 11.3. The van der Waals surface area contributed by atoms with E-state index in [1.807, 2.05) is 0 Å². The molecule has 28 heavy (non-hydrogen) atoms. The van der Waals surface area contributed by atoms with Gasteiger partial charge in [0.2, 0.25) is 0 Å². The fraction of sp³-hybridized carbons (Fsp3) is 0.640. The van der Waals surface area contributed by atoms with E-state index in [4.69, 9.17) is 9.47 Å². The molecule has 0 aromatic heterocycles. The molecule has 0 saturated carbocycles. The van der Waals surface area contributed by atoms with Crippen molar-refractivity contribution in [2.45, 2.75) is 84.0 Å². The fourth-order valence-electron chi connectivity index (χ4n) is 2.68. The van der Waals surface area contributed by atoms with Crippen molar-refractivity contribution in [1.29, 1.82) is 0 Å². The molecule has 0 saturated heterocycles. The Balaban J connectivity index is 3.35. The third-order valence-corrected chi connectivity index (χ3v) is 4.38. The molecular formula is C25H42O3. The smallest absolute Gasteiger partial charge is 0.335 e. The number of esters is 1. The van der Waals surface area contributed by atoms with E-state index in [1.165, 1.54) is 57.8 Å². The predicted molar refractivity (Wildman–Crippen MR) is 120 cm³/mol. The maximum atomic E-state index is 11.7. The zero-order valence-corrected chi connectivity index (χ0v) is 18.1. The molecular weight excluding hydrogens is 348 g/mol. The lowest BCUT2D eigenvalue weighted by molar-refractivity contribution is -0.139. The zero-order chi connectivity index (χ0) is 20.7. The van der Waals surface area contributed by atoms with E-state index in [0.717, 1.165) is 19.3 Å². The highest BCUT2D eigenvalue weighted by molar-refractivity contribution is 5.87. The zero-order valence-electron chi connectivity index (χ0n) is 18.1. The first-order valence-corrected chi connectivity index (χ1v) is 11.1. The molecule has 160 valence electrons. The maximum Gasteiger partial charge on any atom is 0.335 e. The number of carbonyl (C=O) groups is 1. The van der Waals surface area contributed by atoms with Gasteiger partial charge in [-0.3, -0.25) is 0 Å². The number of ether oxygens (including phenoxy) is 2. The van der Waals surface area contributed by atoms with E-state index in [0.29, 0.717) is 18.8 Å². The Hall–Kier alpha value is -1.61. The van der Waals surface area contributed by atoms with Gasteiger partial charge >= 0.3 is 5.97 Å². The van der Waals surface area contributed by atoms with Gasteiger partial charge < -0.3 is 9.47 Å². The molecule has 0 atom stereocenters. The first-order valence-electron chi connectivity index (χ1n) is 11.1. The molecule has 3 heteroatoms. The van der Waals surface area contributed by atoms with Crippen LogP contribution in [0.3, 0.4) is 0 Å². The molecule has 0 aromatic carbocycles. The number of rotatable bonds is 20. The molecule has 0 aliphatic rings.